The van der Waals surface area contributed by atoms with Crippen LogP contribution >= 0.6 is 27.3 Å². The van der Waals surface area contributed by atoms with Crippen LogP contribution in [0.15, 0.2) is 22.7 Å². The third-order valence-electron chi connectivity index (χ3n) is 2.07. The SMILES string of the molecule is NNc1nnc(COc2cc([N+](=O)[O-])ccc2Br)s1. The number of halogens is 1. The fourth-order valence-electron chi connectivity index (χ4n) is 1.23. The highest BCUT2D eigenvalue weighted by atomic mass is 79.9. The molecule has 10 heteroatoms. The smallest absolute Gasteiger partial charge is 0.273 e. The molecule has 1 aromatic carbocycles. The Morgan fingerprint density at radius 3 is 2.95 bits per heavy atom. The Labute approximate surface area is 119 Å². The van der Waals surface area contributed by atoms with Gasteiger partial charge in [-0.1, -0.05) is 11.3 Å². The number of hydrazine groups is 1. The third kappa shape index (κ3) is 3.36. The lowest BCUT2D eigenvalue weighted by molar-refractivity contribution is -0.385. The van der Waals surface area contributed by atoms with E-state index in [4.69, 9.17) is 10.6 Å². The van der Waals surface area contributed by atoms with Crippen molar-refractivity contribution >= 4 is 38.1 Å². The molecule has 0 aliphatic carbocycles. The molecule has 0 atom stereocenters. The Balaban J connectivity index is 2.10. The van der Waals surface area contributed by atoms with Crippen molar-refractivity contribution in [1.82, 2.24) is 10.2 Å². The summed E-state index contributed by atoms with van der Waals surface area (Å²) in [5.74, 6) is 5.55. The fourth-order valence-corrected chi connectivity index (χ4v) is 2.15. The first-order valence-corrected chi connectivity index (χ1v) is 6.57. The van der Waals surface area contributed by atoms with Gasteiger partial charge in [-0.3, -0.25) is 15.5 Å². The van der Waals surface area contributed by atoms with Gasteiger partial charge >= 0.3 is 0 Å². The van der Waals surface area contributed by atoms with Gasteiger partial charge in [-0.2, -0.15) is 0 Å². The van der Waals surface area contributed by atoms with Crippen LogP contribution in [0, 0.1) is 10.1 Å². The first-order valence-electron chi connectivity index (χ1n) is 4.96. The molecule has 100 valence electrons. The first-order chi connectivity index (χ1) is 9.10. The summed E-state index contributed by atoms with van der Waals surface area (Å²) in [6.07, 6.45) is 0. The van der Waals surface area contributed by atoms with E-state index in [9.17, 15) is 10.1 Å². The maximum absolute atomic E-state index is 10.7. The Kier molecular flexibility index (Phi) is 4.24. The molecule has 8 nitrogen and oxygen atoms in total. The van der Waals surface area contributed by atoms with E-state index in [2.05, 4.69) is 31.6 Å². The quantitative estimate of drug-likeness (QED) is 0.484. The molecule has 0 unspecified atom stereocenters. The van der Waals surface area contributed by atoms with Crippen molar-refractivity contribution in [2.45, 2.75) is 6.61 Å². The van der Waals surface area contributed by atoms with Gasteiger partial charge in [0.05, 0.1) is 15.5 Å². The molecule has 0 radical (unpaired) electrons. The van der Waals surface area contributed by atoms with Crippen LogP contribution in [0.2, 0.25) is 0 Å². The second-order valence-electron chi connectivity index (χ2n) is 3.31. The lowest BCUT2D eigenvalue weighted by Gasteiger charge is -2.05. The zero-order chi connectivity index (χ0) is 13.8. The van der Waals surface area contributed by atoms with Crippen molar-refractivity contribution in [2.24, 2.45) is 5.84 Å². The number of nitrogen functional groups attached to an aromatic ring is 1. The number of hydrogen-bond donors (Lipinski definition) is 2. The number of nitrogens with zero attached hydrogens (tertiary/aromatic N) is 3. The van der Waals surface area contributed by atoms with Crippen LogP contribution in [0.3, 0.4) is 0 Å². The van der Waals surface area contributed by atoms with Gasteiger partial charge in [0.15, 0.2) is 5.01 Å². The Bertz CT molecular complexity index is 605. The summed E-state index contributed by atoms with van der Waals surface area (Å²) in [5.41, 5.74) is 2.33. The number of aromatic nitrogens is 2. The van der Waals surface area contributed by atoms with Gasteiger partial charge in [0.2, 0.25) is 5.13 Å². The van der Waals surface area contributed by atoms with Crippen LogP contribution in [-0.4, -0.2) is 15.1 Å². The highest BCUT2D eigenvalue weighted by Crippen LogP contribution is 2.30. The van der Waals surface area contributed by atoms with Crippen LogP contribution in [0.1, 0.15) is 5.01 Å². The summed E-state index contributed by atoms with van der Waals surface area (Å²) in [5, 5.41) is 19.3. The van der Waals surface area contributed by atoms with E-state index in [-0.39, 0.29) is 12.3 Å². The number of nitrogens with one attached hydrogen (secondary N) is 1. The molecular formula is C9H8BrN5O3S. The monoisotopic (exact) mass is 345 g/mol. The number of benzene rings is 1. The van der Waals surface area contributed by atoms with E-state index >= 15 is 0 Å². The van der Waals surface area contributed by atoms with Crippen LogP contribution in [0.5, 0.6) is 5.75 Å². The molecule has 0 spiro atoms. The number of rotatable bonds is 5. The summed E-state index contributed by atoms with van der Waals surface area (Å²) >= 11 is 4.50. The highest BCUT2D eigenvalue weighted by molar-refractivity contribution is 9.10. The standard InChI is InChI=1S/C9H8BrN5O3S/c10-6-2-1-5(15(16)17)3-7(6)18-4-8-13-14-9(12-11)19-8/h1-3H,4,11H2,(H,12,14). The molecule has 1 aromatic heterocycles. The zero-order valence-corrected chi connectivity index (χ0v) is 11.8. The number of hydrogen-bond acceptors (Lipinski definition) is 8. The van der Waals surface area contributed by atoms with Gasteiger partial charge < -0.3 is 4.74 Å². The maximum atomic E-state index is 10.7. The zero-order valence-electron chi connectivity index (χ0n) is 9.37. The van der Waals surface area contributed by atoms with Gasteiger partial charge in [0.25, 0.3) is 5.69 Å². The molecule has 3 N–H and O–H groups in total. The molecular weight excluding hydrogens is 338 g/mol. The molecule has 2 rings (SSSR count). The molecule has 2 aromatic rings. The van der Waals surface area contributed by atoms with Crippen LogP contribution in [-0.2, 0) is 6.61 Å². The van der Waals surface area contributed by atoms with Gasteiger partial charge in [-0.05, 0) is 22.0 Å². The summed E-state index contributed by atoms with van der Waals surface area (Å²) in [6.45, 7) is 0.152. The molecule has 0 aliphatic heterocycles. The molecule has 0 saturated heterocycles. The summed E-state index contributed by atoms with van der Waals surface area (Å²) in [7, 11) is 0. The average Bonchev–Trinajstić information content (AvgIpc) is 2.85. The minimum atomic E-state index is -0.485. The van der Waals surface area contributed by atoms with E-state index < -0.39 is 4.92 Å². The fraction of sp³-hybridized carbons (Fsp3) is 0.111. The van der Waals surface area contributed by atoms with E-state index in [1.165, 1.54) is 23.5 Å². The molecule has 0 fully saturated rings. The van der Waals surface area contributed by atoms with Crippen LogP contribution in [0.25, 0.3) is 0 Å². The number of nitrogens with two attached hydrogens (primary N) is 1. The van der Waals surface area contributed by atoms with Crippen molar-refractivity contribution < 1.29 is 9.66 Å². The van der Waals surface area contributed by atoms with Crippen LogP contribution in [0.4, 0.5) is 10.8 Å². The predicted octanol–water partition coefficient (Wildman–Crippen LogP) is 2.07. The van der Waals surface area contributed by atoms with Crippen LogP contribution < -0.4 is 16.0 Å². The molecule has 0 amide bonds. The summed E-state index contributed by atoms with van der Waals surface area (Å²) in [6, 6.07) is 4.28. The van der Waals surface area contributed by atoms with E-state index in [1.807, 2.05) is 0 Å². The Hall–Kier alpha value is -1.78. The third-order valence-corrected chi connectivity index (χ3v) is 3.55. The second-order valence-corrected chi connectivity index (χ2v) is 5.22. The highest BCUT2D eigenvalue weighted by Gasteiger charge is 2.11. The van der Waals surface area contributed by atoms with Crippen molar-refractivity contribution in [2.75, 3.05) is 5.43 Å². The van der Waals surface area contributed by atoms with Gasteiger partial charge in [0, 0.05) is 6.07 Å². The lowest BCUT2D eigenvalue weighted by atomic mass is 10.3. The number of anilines is 1. The van der Waals surface area contributed by atoms with E-state index in [1.54, 1.807) is 6.07 Å². The molecule has 0 saturated carbocycles. The summed E-state index contributed by atoms with van der Waals surface area (Å²) in [4.78, 5) is 10.2. The van der Waals surface area contributed by atoms with Gasteiger partial charge in [-0.25, -0.2) is 5.84 Å². The lowest BCUT2D eigenvalue weighted by Crippen LogP contribution is -2.05. The Morgan fingerprint density at radius 2 is 2.32 bits per heavy atom. The van der Waals surface area contributed by atoms with Crippen molar-refractivity contribution in [1.29, 1.82) is 0 Å². The van der Waals surface area contributed by atoms with Gasteiger partial charge in [-0.15, -0.1) is 10.2 Å². The van der Waals surface area contributed by atoms with Crippen molar-refractivity contribution in [3.05, 3.63) is 37.8 Å². The maximum Gasteiger partial charge on any atom is 0.273 e. The molecule has 19 heavy (non-hydrogen) atoms. The second kappa shape index (κ2) is 5.91. The average molecular weight is 346 g/mol. The number of nitro benzene ring substituents is 1. The number of non-ortho nitro benzene ring substituents is 1. The normalized spacial score (nSPS) is 10.2. The first kappa shape index (κ1) is 13.6. The number of nitro groups is 1. The molecule has 0 bridgehead atoms. The molecule has 0 aliphatic rings. The summed E-state index contributed by atoms with van der Waals surface area (Å²) < 4.78 is 6.08. The predicted molar refractivity (Wildman–Crippen MR) is 72.8 cm³/mol. The topological polar surface area (TPSA) is 116 Å². The van der Waals surface area contributed by atoms with Crippen molar-refractivity contribution in [3.8, 4) is 5.75 Å². The largest absolute Gasteiger partial charge is 0.485 e. The van der Waals surface area contributed by atoms with E-state index in [0.717, 1.165) is 0 Å². The molecule has 1 heterocycles. The van der Waals surface area contributed by atoms with Crippen molar-refractivity contribution in [3.63, 3.8) is 0 Å². The van der Waals surface area contributed by atoms with E-state index in [0.29, 0.717) is 20.4 Å². The minimum absolute atomic E-state index is 0.0419. The minimum Gasteiger partial charge on any atom is -0.485 e. The number of ether oxygens (including phenoxy) is 1. The Morgan fingerprint density at radius 1 is 1.53 bits per heavy atom. The van der Waals surface area contributed by atoms with Gasteiger partial charge in [0.1, 0.15) is 12.4 Å².